The van der Waals surface area contributed by atoms with Crippen molar-refractivity contribution in [1.29, 1.82) is 0 Å². The molecule has 4 nitrogen and oxygen atoms in total. The van der Waals surface area contributed by atoms with Crippen LogP contribution < -0.4 is 0 Å². The standard InChI is InChI=1S/C10H18O2.C4H6O2/c1-4-5-6-7-8-9(2)10(11)12-3;1-3(2)4(5)6/h2,4-8H2,1,3H3;1H2,2H3,(H,5,6). The first-order valence-corrected chi connectivity index (χ1v) is 6.01. The van der Waals surface area contributed by atoms with E-state index >= 15 is 0 Å². The third-order valence-corrected chi connectivity index (χ3v) is 2.17. The van der Waals surface area contributed by atoms with E-state index in [0.717, 1.165) is 12.8 Å². The van der Waals surface area contributed by atoms with E-state index in [9.17, 15) is 9.59 Å². The summed E-state index contributed by atoms with van der Waals surface area (Å²) < 4.78 is 4.53. The second-order valence-corrected chi connectivity index (χ2v) is 3.99. The van der Waals surface area contributed by atoms with Crippen molar-refractivity contribution in [3.8, 4) is 0 Å². The molecule has 104 valence electrons. The van der Waals surface area contributed by atoms with E-state index in [4.69, 9.17) is 5.11 Å². The highest BCUT2D eigenvalue weighted by molar-refractivity contribution is 5.87. The first-order valence-electron chi connectivity index (χ1n) is 6.01. The smallest absolute Gasteiger partial charge is 0.333 e. The molecule has 0 radical (unpaired) electrons. The second-order valence-electron chi connectivity index (χ2n) is 3.99. The Balaban J connectivity index is 0. The monoisotopic (exact) mass is 256 g/mol. The summed E-state index contributed by atoms with van der Waals surface area (Å²) in [6.45, 7) is 10.4. The van der Waals surface area contributed by atoms with Crippen LogP contribution in [-0.2, 0) is 14.3 Å². The lowest BCUT2D eigenvalue weighted by atomic mass is 10.1. The van der Waals surface area contributed by atoms with Crippen molar-refractivity contribution in [2.45, 2.75) is 46.0 Å². The molecule has 0 rings (SSSR count). The van der Waals surface area contributed by atoms with E-state index < -0.39 is 5.97 Å². The molecule has 0 spiro atoms. The number of carbonyl (C=O) groups is 2. The van der Waals surface area contributed by atoms with Gasteiger partial charge >= 0.3 is 11.9 Å². The topological polar surface area (TPSA) is 63.6 Å². The van der Waals surface area contributed by atoms with Gasteiger partial charge in [-0.15, -0.1) is 0 Å². The van der Waals surface area contributed by atoms with Gasteiger partial charge in [0.05, 0.1) is 7.11 Å². The molecule has 0 aliphatic rings. The molecular formula is C14H24O4. The van der Waals surface area contributed by atoms with Gasteiger partial charge in [0.2, 0.25) is 0 Å². The lowest BCUT2D eigenvalue weighted by molar-refractivity contribution is -0.136. The van der Waals surface area contributed by atoms with Gasteiger partial charge in [0.25, 0.3) is 0 Å². The van der Waals surface area contributed by atoms with Crippen LogP contribution in [0.3, 0.4) is 0 Å². The van der Waals surface area contributed by atoms with E-state index in [1.165, 1.54) is 33.3 Å². The second kappa shape index (κ2) is 11.9. The van der Waals surface area contributed by atoms with Gasteiger partial charge < -0.3 is 9.84 Å². The Morgan fingerprint density at radius 1 is 1.17 bits per heavy atom. The van der Waals surface area contributed by atoms with Crippen LogP contribution in [0.15, 0.2) is 24.3 Å². The van der Waals surface area contributed by atoms with Gasteiger partial charge in [-0.1, -0.05) is 39.3 Å². The van der Waals surface area contributed by atoms with Gasteiger partial charge in [0.15, 0.2) is 0 Å². The van der Waals surface area contributed by atoms with Crippen LogP contribution in [0.5, 0.6) is 0 Å². The summed E-state index contributed by atoms with van der Waals surface area (Å²) in [5, 5.41) is 7.89. The average molecular weight is 256 g/mol. The predicted octanol–water partition coefficient (Wildman–Crippen LogP) is 3.33. The van der Waals surface area contributed by atoms with Gasteiger partial charge in [-0.25, -0.2) is 9.59 Å². The number of aliphatic carboxylic acids is 1. The molecule has 0 unspecified atom stereocenters. The molecule has 0 aromatic rings. The molecule has 18 heavy (non-hydrogen) atoms. The third kappa shape index (κ3) is 12.5. The SMILES string of the molecule is C=C(C)C(=O)O.C=C(CCCCCC)C(=O)OC. The van der Waals surface area contributed by atoms with E-state index in [0.29, 0.717) is 5.57 Å². The van der Waals surface area contributed by atoms with Crippen molar-refractivity contribution in [1.82, 2.24) is 0 Å². The van der Waals surface area contributed by atoms with Gasteiger partial charge in [0.1, 0.15) is 0 Å². The lowest BCUT2D eigenvalue weighted by Gasteiger charge is -2.02. The molecule has 0 aliphatic carbocycles. The molecule has 0 fully saturated rings. The minimum Gasteiger partial charge on any atom is -0.478 e. The molecule has 0 atom stereocenters. The van der Waals surface area contributed by atoms with Crippen molar-refractivity contribution >= 4 is 11.9 Å². The number of unbranched alkanes of at least 4 members (excludes halogenated alkanes) is 3. The highest BCUT2D eigenvalue weighted by Gasteiger charge is 2.04. The number of ether oxygens (including phenoxy) is 1. The molecule has 4 heteroatoms. The molecule has 0 heterocycles. The summed E-state index contributed by atoms with van der Waals surface area (Å²) in [7, 11) is 1.39. The number of methoxy groups -OCH3 is 1. The number of rotatable bonds is 7. The Morgan fingerprint density at radius 3 is 2.00 bits per heavy atom. The third-order valence-electron chi connectivity index (χ3n) is 2.17. The summed E-state index contributed by atoms with van der Waals surface area (Å²) >= 11 is 0. The quantitative estimate of drug-likeness (QED) is 0.431. The maximum absolute atomic E-state index is 10.9. The summed E-state index contributed by atoms with van der Waals surface area (Å²) in [6.07, 6.45) is 5.43. The summed E-state index contributed by atoms with van der Waals surface area (Å²) in [5.41, 5.74) is 0.767. The van der Waals surface area contributed by atoms with Crippen molar-refractivity contribution in [2.75, 3.05) is 7.11 Å². The number of carbonyl (C=O) groups excluding carboxylic acids is 1. The van der Waals surface area contributed by atoms with Crippen molar-refractivity contribution < 1.29 is 19.4 Å². The largest absolute Gasteiger partial charge is 0.478 e. The van der Waals surface area contributed by atoms with Crippen molar-refractivity contribution in [3.63, 3.8) is 0 Å². The van der Waals surface area contributed by atoms with Gasteiger partial charge in [-0.2, -0.15) is 0 Å². The van der Waals surface area contributed by atoms with E-state index in [-0.39, 0.29) is 11.5 Å². The fourth-order valence-corrected chi connectivity index (χ4v) is 1.01. The zero-order valence-electron chi connectivity index (χ0n) is 11.6. The minimum atomic E-state index is -0.935. The van der Waals surface area contributed by atoms with Crippen molar-refractivity contribution in [2.24, 2.45) is 0 Å². The fourth-order valence-electron chi connectivity index (χ4n) is 1.01. The normalized spacial score (nSPS) is 8.83. The molecule has 0 aromatic heterocycles. The molecule has 0 aromatic carbocycles. The Hall–Kier alpha value is -1.58. The Morgan fingerprint density at radius 2 is 1.67 bits per heavy atom. The molecule has 0 amide bonds. The van der Waals surface area contributed by atoms with Crippen LogP contribution in [0.25, 0.3) is 0 Å². The summed E-state index contributed by atoms with van der Waals surface area (Å²) in [6, 6.07) is 0. The molecule has 0 saturated heterocycles. The molecular weight excluding hydrogens is 232 g/mol. The number of esters is 1. The Labute approximate surface area is 109 Å². The van der Waals surface area contributed by atoms with Crippen LogP contribution in [0.2, 0.25) is 0 Å². The molecule has 1 N–H and O–H groups in total. The Kier molecular flexibility index (Phi) is 12.4. The fraction of sp³-hybridized carbons (Fsp3) is 0.571. The zero-order valence-corrected chi connectivity index (χ0v) is 11.6. The van der Waals surface area contributed by atoms with E-state index in [1.54, 1.807) is 0 Å². The number of hydrogen-bond donors (Lipinski definition) is 1. The lowest BCUT2D eigenvalue weighted by Crippen LogP contribution is -2.03. The average Bonchev–Trinajstić information content (AvgIpc) is 2.33. The van der Waals surface area contributed by atoms with Crippen LogP contribution in [0, 0.1) is 0 Å². The highest BCUT2D eigenvalue weighted by atomic mass is 16.5. The predicted molar refractivity (Wildman–Crippen MR) is 72.4 cm³/mol. The van der Waals surface area contributed by atoms with Gasteiger partial charge in [-0.05, 0) is 19.8 Å². The van der Waals surface area contributed by atoms with Crippen LogP contribution in [0.1, 0.15) is 46.0 Å². The van der Waals surface area contributed by atoms with E-state index in [1.807, 2.05) is 0 Å². The maximum Gasteiger partial charge on any atom is 0.333 e. The summed E-state index contributed by atoms with van der Waals surface area (Å²) in [5.74, 6) is -1.21. The van der Waals surface area contributed by atoms with Crippen LogP contribution in [0.4, 0.5) is 0 Å². The zero-order chi connectivity index (χ0) is 14.6. The van der Waals surface area contributed by atoms with Crippen molar-refractivity contribution in [3.05, 3.63) is 24.3 Å². The number of carboxylic acid groups (broad SMARTS) is 1. The number of hydrogen-bond acceptors (Lipinski definition) is 3. The number of carboxylic acids is 1. The summed E-state index contributed by atoms with van der Waals surface area (Å²) in [4.78, 5) is 20.5. The maximum atomic E-state index is 10.9. The first-order chi connectivity index (χ1) is 8.36. The Bertz CT molecular complexity index is 280. The molecule has 0 saturated carbocycles. The van der Waals surface area contributed by atoms with Crippen LogP contribution in [-0.4, -0.2) is 24.2 Å². The van der Waals surface area contributed by atoms with Crippen LogP contribution >= 0.6 is 0 Å². The molecule has 0 bridgehead atoms. The highest BCUT2D eigenvalue weighted by Crippen LogP contribution is 2.09. The van der Waals surface area contributed by atoms with E-state index in [2.05, 4.69) is 24.8 Å². The minimum absolute atomic E-state index is 0.176. The van der Waals surface area contributed by atoms with Gasteiger partial charge in [-0.3, -0.25) is 0 Å². The first kappa shape index (κ1) is 18.8. The molecule has 0 aliphatic heterocycles. The van der Waals surface area contributed by atoms with Gasteiger partial charge in [0, 0.05) is 11.1 Å².